The number of ketones is 1. The molecule has 0 radical (unpaired) electrons. The van der Waals surface area contributed by atoms with Crippen LogP contribution in [-0.2, 0) is 9.59 Å². The highest BCUT2D eigenvalue weighted by molar-refractivity contribution is 5.81. The topological polar surface area (TPSA) is 54.4 Å². The Morgan fingerprint density at radius 1 is 1.40 bits per heavy atom. The van der Waals surface area contributed by atoms with Gasteiger partial charge in [0.15, 0.2) is 0 Å². The van der Waals surface area contributed by atoms with E-state index in [9.17, 15) is 14.7 Å². The normalized spacial score (nSPS) is 40.2. The SMILES string of the molecule is CCC1(C(=O)O)CC2CC(=O)CC(C2)C1. The molecule has 2 aliphatic rings. The van der Waals surface area contributed by atoms with E-state index in [2.05, 4.69) is 0 Å². The van der Waals surface area contributed by atoms with Crippen molar-refractivity contribution in [3.05, 3.63) is 0 Å². The minimum absolute atomic E-state index is 0.334. The Morgan fingerprint density at radius 2 is 1.93 bits per heavy atom. The third-order valence-electron chi connectivity index (χ3n) is 4.19. The van der Waals surface area contributed by atoms with Crippen molar-refractivity contribution in [2.45, 2.75) is 45.4 Å². The fourth-order valence-corrected chi connectivity index (χ4v) is 3.48. The maximum atomic E-state index is 11.4. The second kappa shape index (κ2) is 3.62. The molecule has 15 heavy (non-hydrogen) atoms. The third-order valence-corrected chi connectivity index (χ3v) is 4.19. The number of aliphatic carboxylic acids is 1. The van der Waals surface area contributed by atoms with Crippen molar-refractivity contribution in [3.63, 3.8) is 0 Å². The maximum absolute atomic E-state index is 11.4. The molecule has 2 unspecified atom stereocenters. The Balaban J connectivity index is 2.19. The Bertz CT molecular complexity index is 279. The number of carboxylic acids is 1. The molecule has 2 rings (SSSR count). The molecule has 2 fully saturated rings. The highest BCUT2D eigenvalue weighted by atomic mass is 16.4. The summed E-state index contributed by atoms with van der Waals surface area (Å²) in [6.07, 6.45) is 4.42. The second-order valence-electron chi connectivity index (χ2n) is 5.26. The van der Waals surface area contributed by atoms with Crippen LogP contribution in [0.4, 0.5) is 0 Å². The number of hydrogen-bond acceptors (Lipinski definition) is 2. The molecule has 84 valence electrons. The summed E-state index contributed by atoms with van der Waals surface area (Å²) in [6, 6.07) is 0. The van der Waals surface area contributed by atoms with Crippen molar-refractivity contribution in [2.24, 2.45) is 17.3 Å². The first-order chi connectivity index (χ1) is 7.05. The lowest BCUT2D eigenvalue weighted by Gasteiger charge is -2.43. The van der Waals surface area contributed by atoms with Gasteiger partial charge in [0.2, 0.25) is 0 Å². The minimum atomic E-state index is -0.658. The van der Waals surface area contributed by atoms with E-state index in [4.69, 9.17) is 0 Å². The lowest BCUT2D eigenvalue weighted by atomic mass is 9.59. The molecule has 0 aliphatic heterocycles. The number of rotatable bonds is 2. The zero-order chi connectivity index (χ0) is 11.1. The average Bonchev–Trinajstić information content (AvgIpc) is 2.15. The zero-order valence-corrected chi connectivity index (χ0v) is 9.16. The molecule has 0 aromatic rings. The summed E-state index contributed by atoms with van der Waals surface area (Å²) in [5, 5.41) is 9.32. The van der Waals surface area contributed by atoms with Crippen molar-refractivity contribution in [1.82, 2.24) is 0 Å². The van der Waals surface area contributed by atoms with E-state index in [1.807, 2.05) is 6.92 Å². The van der Waals surface area contributed by atoms with Crippen LogP contribution in [0.2, 0.25) is 0 Å². The van der Waals surface area contributed by atoms with Gasteiger partial charge in [0.25, 0.3) is 0 Å². The van der Waals surface area contributed by atoms with E-state index in [1.165, 1.54) is 0 Å². The molecule has 3 nitrogen and oxygen atoms in total. The van der Waals surface area contributed by atoms with Crippen LogP contribution in [0.25, 0.3) is 0 Å². The summed E-state index contributed by atoms with van der Waals surface area (Å²) in [4.78, 5) is 22.7. The van der Waals surface area contributed by atoms with Gasteiger partial charge >= 0.3 is 5.97 Å². The van der Waals surface area contributed by atoms with Crippen LogP contribution in [0.1, 0.15) is 45.4 Å². The standard InChI is InChI=1S/C12H18O3/c1-2-12(11(14)15)6-8-3-9(7-12)5-10(13)4-8/h8-9H,2-7H2,1H3,(H,14,15). The molecule has 0 aromatic carbocycles. The van der Waals surface area contributed by atoms with Crippen LogP contribution in [0.15, 0.2) is 0 Å². The summed E-state index contributed by atoms with van der Waals surface area (Å²) in [7, 11) is 0. The quantitative estimate of drug-likeness (QED) is 0.760. The molecule has 0 aromatic heterocycles. The monoisotopic (exact) mass is 210 g/mol. The van der Waals surface area contributed by atoms with Crippen molar-refractivity contribution in [3.8, 4) is 0 Å². The first-order valence-corrected chi connectivity index (χ1v) is 5.81. The van der Waals surface area contributed by atoms with Crippen LogP contribution in [0.3, 0.4) is 0 Å². The molecule has 0 heterocycles. The number of carboxylic acid groups (broad SMARTS) is 1. The largest absolute Gasteiger partial charge is 0.481 e. The van der Waals surface area contributed by atoms with E-state index in [0.29, 0.717) is 49.7 Å². The Morgan fingerprint density at radius 3 is 2.33 bits per heavy atom. The number of hydrogen-bond donors (Lipinski definition) is 1. The van der Waals surface area contributed by atoms with Crippen LogP contribution < -0.4 is 0 Å². The van der Waals surface area contributed by atoms with Crippen molar-refractivity contribution in [2.75, 3.05) is 0 Å². The molecule has 3 heteroatoms. The Kier molecular flexibility index (Phi) is 2.57. The second-order valence-corrected chi connectivity index (χ2v) is 5.26. The van der Waals surface area contributed by atoms with E-state index in [0.717, 1.165) is 6.42 Å². The van der Waals surface area contributed by atoms with E-state index >= 15 is 0 Å². The van der Waals surface area contributed by atoms with Gasteiger partial charge in [-0.15, -0.1) is 0 Å². The first-order valence-electron chi connectivity index (χ1n) is 5.81. The van der Waals surface area contributed by atoms with Gasteiger partial charge in [0, 0.05) is 12.8 Å². The van der Waals surface area contributed by atoms with Crippen molar-refractivity contribution in [1.29, 1.82) is 0 Å². The lowest BCUT2D eigenvalue weighted by Crippen LogP contribution is -2.42. The molecular formula is C12H18O3. The molecule has 0 spiro atoms. The molecule has 1 N–H and O–H groups in total. The van der Waals surface area contributed by atoms with E-state index in [1.54, 1.807) is 0 Å². The van der Waals surface area contributed by atoms with E-state index in [-0.39, 0.29) is 0 Å². The van der Waals surface area contributed by atoms with Crippen LogP contribution >= 0.6 is 0 Å². The van der Waals surface area contributed by atoms with Gasteiger partial charge < -0.3 is 5.11 Å². The summed E-state index contributed by atoms with van der Waals surface area (Å²) in [6.45, 7) is 1.96. The molecular weight excluding hydrogens is 192 g/mol. The lowest BCUT2D eigenvalue weighted by molar-refractivity contribution is -0.156. The van der Waals surface area contributed by atoms with Gasteiger partial charge in [0.1, 0.15) is 5.78 Å². The molecule has 2 bridgehead atoms. The first kappa shape index (κ1) is 10.7. The predicted molar refractivity (Wildman–Crippen MR) is 55.4 cm³/mol. The number of carbonyl (C=O) groups excluding carboxylic acids is 1. The maximum Gasteiger partial charge on any atom is 0.309 e. The summed E-state index contributed by atoms with van der Waals surface area (Å²) in [5.41, 5.74) is -0.533. The van der Waals surface area contributed by atoms with Gasteiger partial charge in [-0.3, -0.25) is 9.59 Å². The molecule has 2 atom stereocenters. The van der Waals surface area contributed by atoms with E-state index < -0.39 is 11.4 Å². The summed E-state index contributed by atoms with van der Waals surface area (Å²) >= 11 is 0. The fourth-order valence-electron chi connectivity index (χ4n) is 3.48. The predicted octanol–water partition coefficient (Wildman–Crippen LogP) is 2.25. The van der Waals surface area contributed by atoms with Crippen LogP contribution in [0, 0.1) is 17.3 Å². The van der Waals surface area contributed by atoms with Gasteiger partial charge in [-0.25, -0.2) is 0 Å². The molecule has 2 saturated carbocycles. The average molecular weight is 210 g/mol. The third kappa shape index (κ3) is 1.80. The summed E-state index contributed by atoms with van der Waals surface area (Å²) in [5.74, 6) is 0.350. The number of fused-ring (bicyclic) bond motifs is 2. The van der Waals surface area contributed by atoms with Crippen molar-refractivity contribution >= 4 is 11.8 Å². The molecule has 2 aliphatic carbocycles. The highest BCUT2D eigenvalue weighted by Crippen LogP contribution is 2.49. The minimum Gasteiger partial charge on any atom is -0.481 e. The van der Waals surface area contributed by atoms with Crippen LogP contribution in [-0.4, -0.2) is 16.9 Å². The molecule has 0 amide bonds. The Hall–Kier alpha value is -0.860. The van der Waals surface area contributed by atoms with Crippen LogP contribution in [0.5, 0.6) is 0 Å². The highest BCUT2D eigenvalue weighted by Gasteiger charge is 2.47. The zero-order valence-electron chi connectivity index (χ0n) is 9.16. The van der Waals surface area contributed by atoms with Gasteiger partial charge in [0.05, 0.1) is 5.41 Å². The smallest absolute Gasteiger partial charge is 0.309 e. The fraction of sp³-hybridized carbons (Fsp3) is 0.833. The van der Waals surface area contributed by atoms with Gasteiger partial charge in [-0.05, 0) is 37.5 Å². The summed E-state index contributed by atoms with van der Waals surface area (Å²) < 4.78 is 0. The van der Waals surface area contributed by atoms with Crippen molar-refractivity contribution < 1.29 is 14.7 Å². The number of carbonyl (C=O) groups is 2. The van der Waals surface area contributed by atoms with Gasteiger partial charge in [-0.2, -0.15) is 0 Å². The molecule has 0 saturated heterocycles. The Labute approximate surface area is 89.9 Å². The van der Waals surface area contributed by atoms with Gasteiger partial charge in [-0.1, -0.05) is 6.92 Å². The number of Topliss-reactive ketones (excluding diaryl/α,β-unsaturated/α-hetero) is 1.